The maximum absolute atomic E-state index is 12.3. The Hall–Kier alpha value is -2.69. The van der Waals surface area contributed by atoms with Crippen LogP contribution in [0.25, 0.3) is 0 Å². The lowest BCUT2D eigenvalue weighted by Crippen LogP contribution is -2.27. The highest BCUT2D eigenvalue weighted by molar-refractivity contribution is 6.01. The number of rotatable bonds is 3. The van der Waals surface area contributed by atoms with E-state index >= 15 is 0 Å². The van der Waals surface area contributed by atoms with Crippen LogP contribution in [0.1, 0.15) is 34.6 Å². The number of carbonyl (C=O) groups excluding carboxylic acids is 2. The minimum atomic E-state index is -0.174. The molecule has 1 atom stereocenters. The number of hydrogen-bond acceptors (Lipinski definition) is 3. The third-order valence-electron chi connectivity index (χ3n) is 3.47. The van der Waals surface area contributed by atoms with Crippen LogP contribution in [0.2, 0.25) is 0 Å². The molecule has 0 bridgehead atoms. The molecule has 0 radical (unpaired) electrons. The van der Waals surface area contributed by atoms with Crippen molar-refractivity contribution in [2.45, 2.75) is 19.4 Å². The van der Waals surface area contributed by atoms with Crippen molar-refractivity contribution >= 4 is 17.5 Å². The molecular weight excluding hydrogens is 266 g/mol. The van der Waals surface area contributed by atoms with Gasteiger partial charge in [0.25, 0.3) is 5.91 Å². The van der Waals surface area contributed by atoms with Crippen molar-refractivity contribution in [2.24, 2.45) is 0 Å². The largest absolute Gasteiger partial charge is 0.344 e. The van der Waals surface area contributed by atoms with Crippen LogP contribution in [0.15, 0.2) is 42.6 Å². The van der Waals surface area contributed by atoms with Crippen LogP contribution in [0, 0.1) is 0 Å². The summed E-state index contributed by atoms with van der Waals surface area (Å²) < 4.78 is 0. The van der Waals surface area contributed by atoms with Gasteiger partial charge in [0.2, 0.25) is 5.91 Å². The molecule has 21 heavy (non-hydrogen) atoms. The average Bonchev–Trinajstić information content (AvgIpc) is 2.87. The van der Waals surface area contributed by atoms with Gasteiger partial charge in [-0.2, -0.15) is 0 Å². The Labute approximate surface area is 122 Å². The first-order valence-corrected chi connectivity index (χ1v) is 6.78. The van der Waals surface area contributed by atoms with Gasteiger partial charge in [0.1, 0.15) is 0 Å². The number of benzene rings is 1. The molecule has 5 nitrogen and oxygen atoms in total. The van der Waals surface area contributed by atoms with Crippen molar-refractivity contribution in [3.8, 4) is 0 Å². The molecule has 0 saturated heterocycles. The van der Waals surface area contributed by atoms with Crippen molar-refractivity contribution in [1.82, 2.24) is 10.3 Å². The van der Waals surface area contributed by atoms with E-state index in [9.17, 15) is 9.59 Å². The fraction of sp³-hybridized carbons (Fsp3) is 0.188. The molecule has 2 heterocycles. The second-order valence-electron chi connectivity index (χ2n) is 5.05. The summed E-state index contributed by atoms with van der Waals surface area (Å²) >= 11 is 0. The minimum absolute atomic E-state index is 0.0376. The zero-order valence-electron chi connectivity index (χ0n) is 11.6. The standard InChI is InChI=1S/C16H15N3O2/c1-10(13-4-2-3-7-17-13)18-16(21)11-5-6-14-12(8-11)9-15(20)19-14/h2-8,10H,9H2,1H3,(H,18,21)(H,19,20). The third-order valence-corrected chi connectivity index (χ3v) is 3.47. The summed E-state index contributed by atoms with van der Waals surface area (Å²) in [6, 6.07) is 10.7. The minimum Gasteiger partial charge on any atom is -0.344 e. The average molecular weight is 281 g/mol. The smallest absolute Gasteiger partial charge is 0.251 e. The van der Waals surface area contributed by atoms with Crippen molar-refractivity contribution < 1.29 is 9.59 Å². The first-order valence-electron chi connectivity index (χ1n) is 6.78. The van der Waals surface area contributed by atoms with Gasteiger partial charge < -0.3 is 10.6 Å². The van der Waals surface area contributed by atoms with Crippen LogP contribution in [-0.4, -0.2) is 16.8 Å². The molecule has 1 aromatic heterocycles. The summed E-state index contributed by atoms with van der Waals surface area (Å²) in [6.45, 7) is 1.89. The van der Waals surface area contributed by atoms with E-state index in [1.54, 1.807) is 24.4 Å². The molecule has 1 aliphatic heterocycles. The molecule has 3 rings (SSSR count). The van der Waals surface area contributed by atoms with Crippen LogP contribution >= 0.6 is 0 Å². The van der Waals surface area contributed by atoms with E-state index < -0.39 is 0 Å². The van der Waals surface area contributed by atoms with Gasteiger partial charge in [0.05, 0.1) is 18.2 Å². The molecule has 0 saturated carbocycles. The van der Waals surface area contributed by atoms with Crippen molar-refractivity contribution in [2.75, 3.05) is 5.32 Å². The molecule has 2 aromatic rings. The summed E-state index contributed by atoms with van der Waals surface area (Å²) in [7, 11) is 0. The Bertz CT molecular complexity index is 698. The molecule has 0 spiro atoms. The molecule has 106 valence electrons. The Kier molecular flexibility index (Phi) is 3.39. The van der Waals surface area contributed by atoms with Crippen LogP contribution in [-0.2, 0) is 11.2 Å². The maximum Gasteiger partial charge on any atom is 0.251 e. The third kappa shape index (κ3) is 2.76. The van der Waals surface area contributed by atoms with Gasteiger partial charge in [0, 0.05) is 17.4 Å². The maximum atomic E-state index is 12.3. The van der Waals surface area contributed by atoms with Gasteiger partial charge in [-0.25, -0.2) is 0 Å². The molecule has 1 unspecified atom stereocenters. The highest BCUT2D eigenvalue weighted by Crippen LogP contribution is 2.24. The first kappa shape index (κ1) is 13.3. The SMILES string of the molecule is CC(NC(=O)c1ccc2c(c1)CC(=O)N2)c1ccccn1. The van der Waals surface area contributed by atoms with Crippen molar-refractivity contribution in [1.29, 1.82) is 0 Å². The summed E-state index contributed by atoms with van der Waals surface area (Å²) in [5.74, 6) is -0.209. The molecule has 0 fully saturated rings. The fourth-order valence-electron chi connectivity index (χ4n) is 2.36. The van der Waals surface area contributed by atoms with E-state index in [0.29, 0.717) is 12.0 Å². The second kappa shape index (κ2) is 5.36. The monoisotopic (exact) mass is 281 g/mol. The van der Waals surface area contributed by atoms with Crippen LogP contribution < -0.4 is 10.6 Å². The number of nitrogens with one attached hydrogen (secondary N) is 2. The topological polar surface area (TPSA) is 71.1 Å². The Morgan fingerprint density at radius 3 is 2.95 bits per heavy atom. The Morgan fingerprint density at radius 1 is 1.33 bits per heavy atom. The van der Waals surface area contributed by atoms with Gasteiger partial charge in [-0.3, -0.25) is 14.6 Å². The van der Waals surface area contributed by atoms with Crippen LogP contribution in [0.3, 0.4) is 0 Å². The second-order valence-corrected chi connectivity index (χ2v) is 5.05. The van der Waals surface area contributed by atoms with Gasteiger partial charge in [-0.1, -0.05) is 6.07 Å². The number of nitrogens with zero attached hydrogens (tertiary/aromatic N) is 1. The van der Waals surface area contributed by atoms with E-state index in [2.05, 4.69) is 15.6 Å². The summed E-state index contributed by atoms with van der Waals surface area (Å²) in [5.41, 5.74) is 3.00. The highest BCUT2D eigenvalue weighted by atomic mass is 16.2. The normalized spacial score (nSPS) is 14.2. The van der Waals surface area contributed by atoms with Gasteiger partial charge >= 0.3 is 0 Å². The number of fused-ring (bicyclic) bond motifs is 1. The molecule has 1 aromatic carbocycles. The van der Waals surface area contributed by atoms with Crippen molar-refractivity contribution in [3.63, 3.8) is 0 Å². The lowest BCUT2D eigenvalue weighted by Gasteiger charge is -2.13. The zero-order chi connectivity index (χ0) is 14.8. The lowest BCUT2D eigenvalue weighted by molar-refractivity contribution is -0.115. The molecule has 0 aliphatic carbocycles. The number of amides is 2. The van der Waals surface area contributed by atoms with Gasteiger partial charge in [0.15, 0.2) is 0 Å². The lowest BCUT2D eigenvalue weighted by atomic mass is 10.1. The van der Waals surface area contributed by atoms with E-state index in [0.717, 1.165) is 16.9 Å². The van der Waals surface area contributed by atoms with E-state index in [4.69, 9.17) is 0 Å². The van der Waals surface area contributed by atoms with Gasteiger partial charge in [-0.15, -0.1) is 0 Å². The number of aromatic nitrogens is 1. The zero-order valence-corrected chi connectivity index (χ0v) is 11.6. The first-order chi connectivity index (χ1) is 10.1. The molecule has 2 amide bonds. The van der Waals surface area contributed by atoms with Crippen LogP contribution in [0.5, 0.6) is 0 Å². The van der Waals surface area contributed by atoms with E-state index in [-0.39, 0.29) is 17.9 Å². The molecule has 5 heteroatoms. The highest BCUT2D eigenvalue weighted by Gasteiger charge is 2.20. The van der Waals surface area contributed by atoms with Gasteiger partial charge in [-0.05, 0) is 42.8 Å². The Balaban J connectivity index is 1.74. The fourth-order valence-corrected chi connectivity index (χ4v) is 2.36. The molecule has 2 N–H and O–H groups in total. The quantitative estimate of drug-likeness (QED) is 0.904. The summed E-state index contributed by atoms with van der Waals surface area (Å²) in [6.07, 6.45) is 2.02. The predicted molar refractivity (Wildman–Crippen MR) is 78.9 cm³/mol. The summed E-state index contributed by atoms with van der Waals surface area (Å²) in [4.78, 5) is 27.8. The van der Waals surface area contributed by atoms with Crippen molar-refractivity contribution in [3.05, 3.63) is 59.4 Å². The molecular formula is C16H15N3O2. The van der Waals surface area contributed by atoms with Crippen LogP contribution in [0.4, 0.5) is 5.69 Å². The number of anilines is 1. The molecule has 1 aliphatic rings. The van der Waals surface area contributed by atoms with E-state index in [1.165, 1.54) is 0 Å². The number of carbonyl (C=O) groups is 2. The predicted octanol–water partition coefficient (Wildman–Crippen LogP) is 2.07. The Morgan fingerprint density at radius 2 is 2.19 bits per heavy atom. The number of hydrogen-bond donors (Lipinski definition) is 2. The van der Waals surface area contributed by atoms with E-state index in [1.807, 2.05) is 25.1 Å². The number of pyridine rings is 1. The summed E-state index contributed by atoms with van der Waals surface area (Å²) in [5, 5.41) is 5.66.